The maximum Gasteiger partial charge on any atom is 0.239 e. The quantitative estimate of drug-likeness (QED) is 0.820. The van der Waals surface area contributed by atoms with Crippen LogP contribution in [0.5, 0.6) is 0 Å². The second-order valence-corrected chi connectivity index (χ2v) is 7.45. The molecular weight excluding hydrogens is 312 g/mol. The molecule has 138 valence electrons. The lowest BCUT2D eigenvalue weighted by molar-refractivity contribution is -0.137. The van der Waals surface area contributed by atoms with E-state index in [1.54, 1.807) is 0 Å². The van der Waals surface area contributed by atoms with Crippen LogP contribution >= 0.6 is 0 Å². The van der Waals surface area contributed by atoms with Crippen LogP contribution in [0, 0.1) is 0 Å². The molecule has 2 heterocycles. The predicted molar refractivity (Wildman–Crippen MR) is 100 cm³/mol. The summed E-state index contributed by atoms with van der Waals surface area (Å²) in [6.07, 6.45) is 7.21. The Labute approximate surface area is 152 Å². The highest BCUT2D eigenvalue weighted by Gasteiger charge is 2.29. The van der Waals surface area contributed by atoms with E-state index >= 15 is 0 Å². The SMILES string of the molecule is C[C@H](C(=O)N1CCCCCC1)N1CCC(OCc2ccccc2)CC1. The van der Waals surface area contributed by atoms with Crippen molar-refractivity contribution in [1.29, 1.82) is 0 Å². The van der Waals surface area contributed by atoms with E-state index in [2.05, 4.69) is 41.0 Å². The minimum atomic E-state index is 0.00757. The van der Waals surface area contributed by atoms with Crippen molar-refractivity contribution in [3.8, 4) is 0 Å². The van der Waals surface area contributed by atoms with E-state index in [0.29, 0.717) is 18.6 Å². The molecule has 4 heteroatoms. The topological polar surface area (TPSA) is 32.8 Å². The largest absolute Gasteiger partial charge is 0.373 e. The summed E-state index contributed by atoms with van der Waals surface area (Å²) in [5.74, 6) is 0.325. The van der Waals surface area contributed by atoms with Crippen LogP contribution in [-0.2, 0) is 16.1 Å². The first-order chi connectivity index (χ1) is 12.2. The zero-order valence-electron chi connectivity index (χ0n) is 15.5. The van der Waals surface area contributed by atoms with Crippen LogP contribution in [0.15, 0.2) is 30.3 Å². The number of ether oxygens (including phenoxy) is 1. The number of rotatable bonds is 5. The van der Waals surface area contributed by atoms with Crippen LogP contribution in [0.4, 0.5) is 0 Å². The van der Waals surface area contributed by atoms with E-state index < -0.39 is 0 Å². The summed E-state index contributed by atoms with van der Waals surface area (Å²) >= 11 is 0. The molecule has 0 aliphatic carbocycles. The van der Waals surface area contributed by atoms with Crippen LogP contribution in [0.2, 0.25) is 0 Å². The number of piperidine rings is 1. The molecule has 25 heavy (non-hydrogen) atoms. The van der Waals surface area contributed by atoms with Crippen LogP contribution in [-0.4, -0.2) is 54.0 Å². The highest BCUT2D eigenvalue weighted by molar-refractivity contribution is 5.81. The van der Waals surface area contributed by atoms with Gasteiger partial charge in [0.2, 0.25) is 5.91 Å². The first-order valence-corrected chi connectivity index (χ1v) is 9.92. The zero-order chi connectivity index (χ0) is 17.5. The van der Waals surface area contributed by atoms with Gasteiger partial charge < -0.3 is 9.64 Å². The average molecular weight is 344 g/mol. The van der Waals surface area contributed by atoms with Crippen molar-refractivity contribution in [2.45, 2.75) is 64.2 Å². The number of likely N-dealkylation sites (tertiary alicyclic amines) is 2. The zero-order valence-corrected chi connectivity index (χ0v) is 15.5. The van der Waals surface area contributed by atoms with Crippen molar-refractivity contribution in [3.05, 3.63) is 35.9 Å². The number of amides is 1. The normalized spacial score (nSPS) is 21.7. The number of benzene rings is 1. The van der Waals surface area contributed by atoms with Gasteiger partial charge in [-0.2, -0.15) is 0 Å². The number of hydrogen-bond donors (Lipinski definition) is 0. The number of carbonyl (C=O) groups excluding carboxylic acids is 1. The lowest BCUT2D eigenvalue weighted by Gasteiger charge is -2.37. The molecule has 3 rings (SSSR count). The Morgan fingerprint density at radius 2 is 1.68 bits per heavy atom. The molecule has 2 aliphatic heterocycles. The van der Waals surface area contributed by atoms with Crippen molar-refractivity contribution in [2.75, 3.05) is 26.2 Å². The Balaban J connectivity index is 1.42. The maximum atomic E-state index is 12.8. The van der Waals surface area contributed by atoms with Crippen LogP contribution in [0.3, 0.4) is 0 Å². The van der Waals surface area contributed by atoms with Crippen LogP contribution in [0.1, 0.15) is 51.0 Å². The van der Waals surface area contributed by atoms with E-state index in [-0.39, 0.29) is 6.04 Å². The molecule has 2 fully saturated rings. The molecule has 1 atom stereocenters. The van der Waals surface area contributed by atoms with Gasteiger partial charge in [-0.3, -0.25) is 9.69 Å². The fraction of sp³-hybridized carbons (Fsp3) is 0.667. The van der Waals surface area contributed by atoms with Crippen LogP contribution in [0.25, 0.3) is 0 Å². The van der Waals surface area contributed by atoms with Gasteiger partial charge in [0.1, 0.15) is 0 Å². The lowest BCUT2D eigenvalue weighted by atomic mass is 10.1. The van der Waals surface area contributed by atoms with Gasteiger partial charge in [0.25, 0.3) is 0 Å². The molecule has 0 aromatic heterocycles. The van der Waals surface area contributed by atoms with Crippen molar-refractivity contribution in [1.82, 2.24) is 9.80 Å². The number of carbonyl (C=O) groups is 1. The Morgan fingerprint density at radius 1 is 1.04 bits per heavy atom. The van der Waals surface area contributed by atoms with E-state index in [4.69, 9.17) is 4.74 Å². The van der Waals surface area contributed by atoms with Crippen molar-refractivity contribution in [3.63, 3.8) is 0 Å². The summed E-state index contributed by atoms with van der Waals surface area (Å²) in [5, 5.41) is 0. The van der Waals surface area contributed by atoms with E-state index in [1.807, 2.05) is 6.07 Å². The second kappa shape index (κ2) is 9.35. The molecule has 2 aliphatic rings. The Bertz CT molecular complexity index is 518. The number of hydrogen-bond acceptors (Lipinski definition) is 3. The third-order valence-electron chi connectivity index (χ3n) is 5.63. The Morgan fingerprint density at radius 3 is 2.32 bits per heavy atom. The molecule has 4 nitrogen and oxygen atoms in total. The van der Waals surface area contributed by atoms with E-state index in [0.717, 1.165) is 51.9 Å². The predicted octanol–water partition coefficient (Wildman–Crippen LogP) is 3.46. The van der Waals surface area contributed by atoms with Gasteiger partial charge in [0, 0.05) is 26.2 Å². The fourth-order valence-corrected chi connectivity index (χ4v) is 3.93. The first kappa shape index (κ1) is 18.4. The Hall–Kier alpha value is -1.39. The molecule has 1 aromatic rings. The summed E-state index contributed by atoms with van der Waals surface area (Å²) in [6, 6.07) is 10.4. The van der Waals surface area contributed by atoms with E-state index in [1.165, 1.54) is 18.4 Å². The average Bonchev–Trinajstić information content (AvgIpc) is 2.96. The van der Waals surface area contributed by atoms with Crippen molar-refractivity contribution >= 4 is 5.91 Å². The summed E-state index contributed by atoms with van der Waals surface area (Å²) in [5.41, 5.74) is 1.23. The first-order valence-electron chi connectivity index (χ1n) is 9.92. The highest BCUT2D eigenvalue weighted by atomic mass is 16.5. The van der Waals surface area contributed by atoms with Gasteiger partial charge in [0.05, 0.1) is 18.8 Å². The van der Waals surface area contributed by atoms with Crippen LogP contribution < -0.4 is 0 Å². The molecule has 0 unspecified atom stereocenters. The van der Waals surface area contributed by atoms with Gasteiger partial charge in [-0.1, -0.05) is 43.2 Å². The smallest absolute Gasteiger partial charge is 0.239 e. The molecule has 2 saturated heterocycles. The minimum Gasteiger partial charge on any atom is -0.373 e. The van der Waals surface area contributed by atoms with Gasteiger partial charge in [-0.15, -0.1) is 0 Å². The molecule has 0 saturated carbocycles. The summed E-state index contributed by atoms with van der Waals surface area (Å²) < 4.78 is 6.07. The molecule has 0 spiro atoms. The summed E-state index contributed by atoms with van der Waals surface area (Å²) in [6.45, 7) is 6.58. The van der Waals surface area contributed by atoms with Gasteiger partial charge in [-0.05, 0) is 38.2 Å². The monoisotopic (exact) mass is 344 g/mol. The maximum absolute atomic E-state index is 12.8. The number of nitrogens with zero attached hydrogens (tertiary/aromatic N) is 2. The third-order valence-corrected chi connectivity index (χ3v) is 5.63. The molecule has 0 radical (unpaired) electrons. The fourth-order valence-electron chi connectivity index (χ4n) is 3.93. The molecule has 1 amide bonds. The lowest BCUT2D eigenvalue weighted by Crippen LogP contribution is -2.50. The Kier molecular flexibility index (Phi) is 6.88. The van der Waals surface area contributed by atoms with Gasteiger partial charge in [-0.25, -0.2) is 0 Å². The van der Waals surface area contributed by atoms with E-state index in [9.17, 15) is 4.79 Å². The summed E-state index contributed by atoms with van der Waals surface area (Å²) in [7, 11) is 0. The third kappa shape index (κ3) is 5.29. The van der Waals surface area contributed by atoms with Gasteiger partial charge in [0.15, 0.2) is 0 Å². The minimum absolute atomic E-state index is 0.00757. The highest BCUT2D eigenvalue weighted by Crippen LogP contribution is 2.19. The van der Waals surface area contributed by atoms with Gasteiger partial charge >= 0.3 is 0 Å². The molecule has 1 aromatic carbocycles. The second-order valence-electron chi connectivity index (χ2n) is 7.45. The van der Waals surface area contributed by atoms with Crippen molar-refractivity contribution in [2.24, 2.45) is 0 Å². The molecule has 0 bridgehead atoms. The summed E-state index contributed by atoms with van der Waals surface area (Å²) in [4.78, 5) is 17.2. The molecule has 0 N–H and O–H groups in total. The standard InChI is InChI=1S/C21H32N2O2/c1-18(21(24)23-13-7-2-3-8-14-23)22-15-11-20(12-16-22)25-17-19-9-5-4-6-10-19/h4-6,9-10,18,20H,2-3,7-8,11-17H2,1H3/t18-/m1/s1. The van der Waals surface area contributed by atoms with Crippen molar-refractivity contribution < 1.29 is 9.53 Å². The molecular formula is C21H32N2O2.